The van der Waals surface area contributed by atoms with Crippen LogP contribution < -0.4 is 0 Å². The molecule has 2 aliphatic heterocycles. The molecule has 0 spiro atoms. The fourth-order valence-corrected chi connectivity index (χ4v) is 3.94. The van der Waals surface area contributed by atoms with Gasteiger partial charge in [0.2, 0.25) is 0 Å². The standard InChI is InChI=1S/C17H23N5O2/c23-17(13-4-5-15-16(12-13)22(24)19-18-15)21-10-6-14(7-11-21)20-8-2-1-3-9-20/h4-5,12,14,24H,1-3,6-11H2. The van der Waals surface area contributed by atoms with E-state index in [9.17, 15) is 10.0 Å². The zero-order chi connectivity index (χ0) is 16.5. The number of piperidine rings is 2. The monoisotopic (exact) mass is 329 g/mol. The third kappa shape index (κ3) is 2.84. The van der Waals surface area contributed by atoms with E-state index >= 15 is 0 Å². The van der Waals surface area contributed by atoms with E-state index in [0.717, 1.165) is 25.9 Å². The lowest BCUT2D eigenvalue weighted by molar-refractivity contribution is 0.0590. The fraction of sp³-hybridized carbons (Fsp3) is 0.588. The maximum absolute atomic E-state index is 12.7. The van der Waals surface area contributed by atoms with E-state index in [1.807, 2.05) is 4.90 Å². The molecule has 4 rings (SSSR count). The molecular formula is C17H23N5O2. The molecule has 1 N–H and O–H groups in total. The Bertz CT molecular complexity index is 730. The van der Waals surface area contributed by atoms with E-state index in [4.69, 9.17) is 0 Å². The largest absolute Gasteiger partial charge is 0.410 e. The average molecular weight is 329 g/mol. The van der Waals surface area contributed by atoms with Gasteiger partial charge in [-0.15, -0.1) is 5.10 Å². The van der Waals surface area contributed by atoms with E-state index in [1.54, 1.807) is 18.2 Å². The van der Waals surface area contributed by atoms with Crippen LogP contribution in [-0.4, -0.2) is 68.3 Å². The Morgan fingerprint density at radius 3 is 2.58 bits per heavy atom. The first-order valence-corrected chi connectivity index (χ1v) is 8.80. The Morgan fingerprint density at radius 1 is 1.08 bits per heavy atom. The van der Waals surface area contributed by atoms with Crippen LogP contribution >= 0.6 is 0 Å². The molecule has 1 aromatic carbocycles. The lowest BCUT2D eigenvalue weighted by atomic mass is 9.99. The molecule has 2 saturated heterocycles. The molecule has 3 heterocycles. The van der Waals surface area contributed by atoms with Crippen LogP contribution in [0, 0.1) is 0 Å². The molecule has 0 bridgehead atoms. The van der Waals surface area contributed by atoms with E-state index in [-0.39, 0.29) is 5.91 Å². The highest BCUT2D eigenvalue weighted by atomic mass is 16.5. The van der Waals surface area contributed by atoms with Crippen LogP contribution in [0.2, 0.25) is 0 Å². The van der Waals surface area contributed by atoms with Crippen molar-refractivity contribution < 1.29 is 10.0 Å². The number of likely N-dealkylation sites (tertiary alicyclic amines) is 2. The van der Waals surface area contributed by atoms with Crippen molar-refractivity contribution in [2.75, 3.05) is 26.2 Å². The molecule has 128 valence electrons. The molecule has 0 atom stereocenters. The van der Waals surface area contributed by atoms with Crippen molar-refractivity contribution in [2.45, 2.75) is 38.1 Å². The van der Waals surface area contributed by atoms with Gasteiger partial charge in [-0.05, 0) is 62.2 Å². The highest BCUT2D eigenvalue weighted by Gasteiger charge is 2.28. The number of rotatable bonds is 2. The van der Waals surface area contributed by atoms with Gasteiger partial charge < -0.3 is 15.0 Å². The van der Waals surface area contributed by atoms with E-state index < -0.39 is 0 Å². The summed E-state index contributed by atoms with van der Waals surface area (Å²) in [5.41, 5.74) is 1.62. The van der Waals surface area contributed by atoms with Crippen LogP contribution in [0.3, 0.4) is 0 Å². The smallest absolute Gasteiger partial charge is 0.253 e. The second-order valence-electron chi connectivity index (χ2n) is 6.80. The quantitative estimate of drug-likeness (QED) is 0.850. The summed E-state index contributed by atoms with van der Waals surface area (Å²) < 4.78 is 0. The topological polar surface area (TPSA) is 74.5 Å². The maximum Gasteiger partial charge on any atom is 0.253 e. The SMILES string of the molecule is O=C(c1ccc2nnn(O)c2c1)N1CCC(N2CCCCC2)CC1. The Balaban J connectivity index is 1.42. The predicted octanol–water partition coefficient (Wildman–Crippen LogP) is 1.76. The molecule has 0 saturated carbocycles. The van der Waals surface area contributed by atoms with Gasteiger partial charge in [-0.1, -0.05) is 11.3 Å². The molecule has 7 heteroatoms. The van der Waals surface area contributed by atoms with E-state index in [0.29, 0.717) is 27.5 Å². The van der Waals surface area contributed by atoms with Crippen molar-refractivity contribution in [1.29, 1.82) is 0 Å². The second kappa shape index (κ2) is 6.39. The number of hydrogen-bond acceptors (Lipinski definition) is 5. The summed E-state index contributed by atoms with van der Waals surface area (Å²) in [5.74, 6) is 0.0233. The van der Waals surface area contributed by atoms with Crippen molar-refractivity contribution in [2.24, 2.45) is 0 Å². The molecule has 0 radical (unpaired) electrons. The minimum Gasteiger partial charge on any atom is -0.410 e. The first kappa shape index (κ1) is 15.4. The number of amides is 1. The van der Waals surface area contributed by atoms with E-state index in [2.05, 4.69) is 15.2 Å². The maximum atomic E-state index is 12.7. The van der Waals surface area contributed by atoms with Gasteiger partial charge in [-0.25, -0.2) is 0 Å². The van der Waals surface area contributed by atoms with Gasteiger partial charge in [0.15, 0.2) is 0 Å². The van der Waals surface area contributed by atoms with Gasteiger partial charge in [-0.3, -0.25) is 4.79 Å². The summed E-state index contributed by atoms with van der Waals surface area (Å²) in [4.78, 5) is 18.0. The van der Waals surface area contributed by atoms with Gasteiger partial charge >= 0.3 is 0 Å². The van der Waals surface area contributed by atoms with Crippen LogP contribution in [0.4, 0.5) is 0 Å². The molecule has 2 fully saturated rings. The number of carbonyl (C=O) groups is 1. The number of hydrogen-bond donors (Lipinski definition) is 1. The Labute approximate surface area is 140 Å². The first-order valence-electron chi connectivity index (χ1n) is 8.80. The number of fused-ring (bicyclic) bond motifs is 1. The molecule has 1 amide bonds. The van der Waals surface area contributed by atoms with Crippen LogP contribution in [0.25, 0.3) is 11.0 Å². The number of nitrogens with zero attached hydrogens (tertiary/aromatic N) is 5. The van der Waals surface area contributed by atoms with Crippen molar-refractivity contribution in [1.82, 2.24) is 25.0 Å². The highest BCUT2D eigenvalue weighted by molar-refractivity contribution is 5.97. The molecule has 2 aromatic rings. The third-order valence-electron chi connectivity index (χ3n) is 5.33. The summed E-state index contributed by atoms with van der Waals surface area (Å²) in [7, 11) is 0. The number of aromatic nitrogens is 3. The van der Waals surface area contributed by atoms with Gasteiger partial charge in [0, 0.05) is 24.7 Å². The third-order valence-corrected chi connectivity index (χ3v) is 5.33. The normalized spacial score (nSPS) is 20.6. The highest BCUT2D eigenvalue weighted by Crippen LogP contribution is 2.22. The number of benzene rings is 1. The number of carbonyl (C=O) groups excluding carboxylic acids is 1. The molecule has 0 aliphatic carbocycles. The molecule has 1 aromatic heterocycles. The fourth-order valence-electron chi connectivity index (χ4n) is 3.94. The van der Waals surface area contributed by atoms with Crippen LogP contribution in [0.1, 0.15) is 42.5 Å². The van der Waals surface area contributed by atoms with E-state index in [1.165, 1.54) is 32.4 Å². The molecule has 2 aliphatic rings. The Morgan fingerprint density at radius 2 is 1.83 bits per heavy atom. The van der Waals surface area contributed by atoms with Crippen molar-refractivity contribution in [3.05, 3.63) is 23.8 Å². The zero-order valence-corrected chi connectivity index (χ0v) is 13.8. The van der Waals surface area contributed by atoms with Gasteiger partial charge in [0.25, 0.3) is 5.91 Å². The zero-order valence-electron chi connectivity index (χ0n) is 13.8. The molecule has 7 nitrogen and oxygen atoms in total. The van der Waals surface area contributed by atoms with Crippen molar-refractivity contribution >= 4 is 16.9 Å². The molecule has 0 unspecified atom stereocenters. The summed E-state index contributed by atoms with van der Waals surface area (Å²) in [6.07, 6.45) is 6.07. The molecular weight excluding hydrogens is 306 g/mol. The summed E-state index contributed by atoms with van der Waals surface area (Å²) in [6, 6.07) is 5.77. The minimum atomic E-state index is 0.0233. The Hall–Kier alpha value is -2.15. The summed E-state index contributed by atoms with van der Waals surface area (Å²) in [5, 5.41) is 17.0. The van der Waals surface area contributed by atoms with Crippen LogP contribution in [0.5, 0.6) is 0 Å². The molecule has 24 heavy (non-hydrogen) atoms. The van der Waals surface area contributed by atoms with Crippen molar-refractivity contribution in [3.8, 4) is 0 Å². The lowest BCUT2D eigenvalue weighted by Gasteiger charge is -2.40. The average Bonchev–Trinajstić information content (AvgIpc) is 3.02. The van der Waals surface area contributed by atoms with Gasteiger partial charge in [0.05, 0.1) is 0 Å². The second-order valence-corrected chi connectivity index (χ2v) is 6.80. The van der Waals surface area contributed by atoms with Crippen LogP contribution in [0.15, 0.2) is 18.2 Å². The minimum absolute atomic E-state index is 0.0233. The lowest BCUT2D eigenvalue weighted by Crippen LogP contribution is -2.48. The summed E-state index contributed by atoms with van der Waals surface area (Å²) in [6.45, 7) is 4.02. The Kier molecular flexibility index (Phi) is 4.10. The van der Waals surface area contributed by atoms with Crippen molar-refractivity contribution in [3.63, 3.8) is 0 Å². The first-order chi connectivity index (χ1) is 11.7. The van der Waals surface area contributed by atoms with Gasteiger partial charge in [-0.2, -0.15) is 0 Å². The summed E-state index contributed by atoms with van der Waals surface area (Å²) >= 11 is 0. The predicted molar refractivity (Wildman–Crippen MR) is 89.1 cm³/mol. The van der Waals surface area contributed by atoms with Gasteiger partial charge in [0.1, 0.15) is 11.0 Å². The van der Waals surface area contributed by atoms with Crippen LogP contribution in [-0.2, 0) is 0 Å².